The molecule has 1 N–H and O–H groups in total. The van der Waals surface area contributed by atoms with Crippen LogP contribution in [0, 0.1) is 0 Å². The molecule has 6 nitrogen and oxygen atoms in total. The average molecular weight is 499 g/mol. The lowest BCUT2D eigenvalue weighted by atomic mass is 9.99. The smallest absolute Gasteiger partial charge is 0.261 e. The van der Waals surface area contributed by atoms with Gasteiger partial charge in [0.2, 0.25) is 0 Å². The van der Waals surface area contributed by atoms with E-state index in [1.807, 2.05) is 26.0 Å². The second-order valence-electron chi connectivity index (χ2n) is 10.7. The second kappa shape index (κ2) is 10.3. The number of hydrogen-bond acceptors (Lipinski definition) is 6. The molecule has 2 saturated heterocycles. The Kier molecular flexibility index (Phi) is 7.69. The van der Waals surface area contributed by atoms with Gasteiger partial charge in [-0.25, -0.2) is 0 Å². The fourth-order valence-corrected chi connectivity index (χ4v) is 9.83. The van der Waals surface area contributed by atoms with Crippen molar-refractivity contribution in [2.75, 3.05) is 13.2 Å². The molecule has 0 aliphatic carbocycles. The Morgan fingerprint density at radius 3 is 2.03 bits per heavy atom. The van der Waals surface area contributed by atoms with Crippen LogP contribution in [0.3, 0.4) is 0 Å². The Labute approximate surface area is 209 Å². The van der Waals surface area contributed by atoms with Crippen LogP contribution in [-0.2, 0) is 23.4 Å². The first kappa shape index (κ1) is 26.2. The molecule has 2 aromatic rings. The van der Waals surface area contributed by atoms with Crippen molar-refractivity contribution in [1.29, 1.82) is 0 Å². The van der Waals surface area contributed by atoms with Gasteiger partial charge in [0, 0.05) is 0 Å². The molecule has 0 spiro atoms. The third-order valence-corrected chi connectivity index (χ3v) is 11.7. The van der Waals surface area contributed by atoms with Crippen molar-refractivity contribution in [3.8, 4) is 0 Å². The largest absolute Gasteiger partial charge is 0.405 e. The minimum Gasteiger partial charge on any atom is -0.405 e. The van der Waals surface area contributed by atoms with E-state index in [0.717, 1.165) is 0 Å². The summed E-state index contributed by atoms with van der Waals surface area (Å²) in [6, 6.07) is 20.9. The first-order valence-corrected chi connectivity index (χ1v) is 14.2. The lowest BCUT2D eigenvalue weighted by Crippen LogP contribution is -2.68. The van der Waals surface area contributed by atoms with Crippen LogP contribution in [0.5, 0.6) is 0 Å². The Bertz CT molecular complexity index is 934. The maximum atomic E-state index is 10.9. The highest BCUT2D eigenvalue weighted by Gasteiger charge is 2.57. The molecule has 0 bridgehead atoms. The van der Waals surface area contributed by atoms with Gasteiger partial charge in [-0.2, -0.15) is 0 Å². The van der Waals surface area contributed by atoms with Crippen molar-refractivity contribution in [3.63, 3.8) is 0 Å². The van der Waals surface area contributed by atoms with Crippen LogP contribution in [0.2, 0.25) is 5.04 Å². The van der Waals surface area contributed by atoms with E-state index in [-0.39, 0.29) is 18.3 Å². The Morgan fingerprint density at radius 2 is 1.51 bits per heavy atom. The van der Waals surface area contributed by atoms with Crippen molar-refractivity contribution in [1.82, 2.24) is 0 Å². The monoisotopic (exact) mass is 498 g/mol. The highest BCUT2D eigenvalue weighted by Crippen LogP contribution is 2.40. The molecular formula is C28H38O6Si. The minimum absolute atomic E-state index is 0.172. The molecule has 0 saturated carbocycles. The molecule has 2 aliphatic rings. The first-order valence-electron chi connectivity index (χ1n) is 12.3. The summed E-state index contributed by atoms with van der Waals surface area (Å²) in [5.74, 6) is -0.845. The van der Waals surface area contributed by atoms with Gasteiger partial charge in [-0.05, 0) is 29.3 Å². The minimum atomic E-state index is -2.77. The summed E-state index contributed by atoms with van der Waals surface area (Å²) in [6.45, 7) is 14.6. The third-order valence-electron chi connectivity index (χ3n) is 6.71. The summed E-state index contributed by atoms with van der Waals surface area (Å²) in [4.78, 5) is 0. The van der Waals surface area contributed by atoms with Gasteiger partial charge >= 0.3 is 0 Å². The zero-order valence-electron chi connectivity index (χ0n) is 21.3. The third kappa shape index (κ3) is 5.18. The standard InChI is InChI=1S/C28H38O6Si/c1-7-18-30-26-23(29)25-24(33-28(5,6)34-25)22(32-26)19-31-35(27(2,3)4,20-14-10-8-11-15-20)21-16-12-9-13-17-21/h7-17,22-26,29H,1,18-19H2,2-6H3/t22-,23-,24+,25-,26-/m1/s1. The molecule has 190 valence electrons. The highest BCUT2D eigenvalue weighted by molar-refractivity contribution is 6.99. The number of hydrogen-bond donors (Lipinski definition) is 1. The number of benzene rings is 2. The summed E-state index contributed by atoms with van der Waals surface area (Å²) in [5.41, 5.74) is 0. The lowest BCUT2D eigenvalue weighted by molar-refractivity contribution is -0.278. The predicted octanol–water partition coefficient (Wildman–Crippen LogP) is 3.37. The van der Waals surface area contributed by atoms with E-state index >= 15 is 0 Å². The maximum Gasteiger partial charge on any atom is 0.261 e. The van der Waals surface area contributed by atoms with Crippen LogP contribution in [0.4, 0.5) is 0 Å². The zero-order valence-corrected chi connectivity index (χ0v) is 22.3. The maximum absolute atomic E-state index is 10.9. The van der Waals surface area contributed by atoms with Gasteiger partial charge in [0.15, 0.2) is 12.1 Å². The van der Waals surface area contributed by atoms with Crippen molar-refractivity contribution in [2.24, 2.45) is 0 Å². The molecule has 0 aromatic heterocycles. The molecule has 7 heteroatoms. The predicted molar refractivity (Wildman–Crippen MR) is 138 cm³/mol. The van der Waals surface area contributed by atoms with Crippen LogP contribution in [0.15, 0.2) is 73.3 Å². The Balaban J connectivity index is 1.70. The molecule has 5 atom stereocenters. The van der Waals surface area contributed by atoms with E-state index in [1.165, 1.54) is 10.4 Å². The van der Waals surface area contributed by atoms with E-state index in [4.69, 9.17) is 23.4 Å². The van der Waals surface area contributed by atoms with Gasteiger partial charge in [0.1, 0.15) is 24.4 Å². The van der Waals surface area contributed by atoms with Gasteiger partial charge in [0.25, 0.3) is 8.32 Å². The van der Waals surface area contributed by atoms with Gasteiger partial charge in [0.05, 0.1) is 13.2 Å². The fourth-order valence-electron chi connectivity index (χ4n) is 5.26. The summed E-state index contributed by atoms with van der Waals surface area (Å²) in [6.07, 6.45) is -1.76. The second-order valence-corrected chi connectivity index (χ2v) is 15.0. The first-order chi connectivity index (χ1) is 16.6. The molecule has 2 heterocycles. The molecule has 2 aromatic carbocycles. The van der Waals surface area contributed by atoms with Crippen LogP contribution in [0.1, 0.15) is 34.6 Å². The van der Waals surface area contributed by atoms with E-state index in [2.05, 4.69) is 75.9 Å². The Morgan fingerprint density at radius 1 is 0.971 bits per heavy atom. The summed E-state index contributed by atoms with van der Waals surface area (Å²) < 4.78 is 31.4. The topological polar surface area (TPSA) is 66.4 Å². The molecule has 0 unspecified atom stereocenters. The normalized spacial score (nSPS) is 28.5. The van der Waals surface area contributed by atoms with Crippen LogP contribution in [-0.4, -0.2) is 63.1 Å². The van der Waals surface area contributed by atoms with Crippen molar-refractivity contribution in [3.05, 3.63) is 73.3 Å². The molecule has 0 amide bonds. The number of rotatable bonds is 8. The highest BCUT2D eigenvalue weighted by atomic mass is 28.4. The lowest BCUT2D eigenvalue weighted by Gasteiger charge is -2.45. The van der Waals surface area contributed by atoms with Crippen molar-refractivity contribution >= 4 is 18.7 Å². The van der Waals surface area contributed by atoms with Crippen LogP contribution >= 0.6 is 0 Å². The van der Waals surface area contributed by atoms with E-state index in [1.54, 1.807) is 6.08 Å². The summed E-state index contributed by atoms with van der Waals surface area (Å²) >= 11 is 0. The zero-order chi connectivity index (χ0) is 25.3. The number of fused-ring (bicyclic) bond motifs is 1. The molecule has 2 fully saturated rings. The van der Waals surface area contributed by atoms with E-state index in [9.17, 15) is 5.11 Å². The number of aliphatic hydroxyl groups excluding tert-OH is 1. The van der Waals surface area contributed by atoms with Gasteiger partial charge in [-0.3, -0.25) is 0 Å². The number of ether oxygens (including phenoxy) is 4. The van der Waals surface area contributed by atoms with Crippen LogP contribution < -0.4 is 10.4 Å². The average Bonchev–Trinajstić information content (AvgIpc) is 3.16. The quantitative estimate of drug-likeness (QED) is 0.445. The van der Waals surface area contributed by atoms with E-state index < -0.39 is 44.8 Å². The van der Waals surface area contributed by atoms with Crippen molar-refractivity contribution < 1.29 is 28.5 Å². The number of aliphatic hydroxyl groups is 1. The SMILES string of the molecule is C=CCO[C@@H]1O[C@H](CO[Si](c2ccccc2)(c2ccccc2)C(C)(C)C)[C@@H]2OC(C)(C)O[C@@H]2[C@H]1O. The molecule has 4 rings (SSSR count). The fraction of sp³-hybridized carbons (Fsp3) is 0.500. The summed E-state index contributed by atoms with van der Waals surface area (Å²) in [5, 5.41) is 13.1. The molecule has 35 heavy (non-hydrogen) atoms. The molecular weight excluding hydrogens is 460 g/mol. The Hall–Kier alpha value is -1.84. The molecule has 0 radical (unpaired) electrons. The molecule has 2 aliphatic heterocycles. The summed E-state index contributed by atoms with van der Waals surface area (Å²) in [7, 11) is -2.77. The van der Waals surface area contributed by atoms with E-state index in [0.29, 0.717) is 0 Å². The van der Waals surface area contributed by atoms with Crippen molar-refractivity contribution in [2.45, 2.75) is 76.1 Å². The van der Waals surface area contributed by atoms with Crippen LogP contribution in [0.25, 0.3) is 0 Å². The van der Waals surface area contributed by atoms with Gasteiger partial charge < -0.3 is 28.5 Å². The van der Waals surface area contributed by atoms with Gasteiger partial charge in [-0.15, -0.1) is 6.58 Å². The van der Waals surface area contributed by atoms with Gasteiger partial charge in [-0.1, -0.05) is 87.5 Å².